The molecule has 0 aliphatic carbocycles. The normalized spacial score (nSPS) is 9.94. The van der Waals surface area contributed by atoms with Gasteiger partial charge in [-0.1, -0.05) is 0 Å². The van der Waals surface area contributed by atoms with Gasteiger partial charge in [0.15, 0.2) is 17.3 Å². The van der Waals surface area contributed by atoms with E-state index in [-0.39, 0.29) is 28.0 Å². The van der Waals surface area contributed by atoms with Gasteiger partial charge in [-0.3, -0.25) is 14.4 Å². The van der Waals surface area contributed by atoms with Crippen LogP contribution in [0.25, 0.3) is 0 Å². The summed E-state index contributed by atoms with van der Waals surface area (Å²) in [6.07, 6.45) is 0. The zero-order valence-electron chi connectivity index (χ0n) is 10.2. The van der Waals surface area contributed by atoms with E-state index in [1.807, 2.05) is 0 Å². The number of carboxylic acid groups (broad SMARTS) is 1. The lowest BCUT2D eigenvalue weighted by atomic mass is 9.92. The SMILES string of the molecule is CC(=O)c1cc(C(C)=O)c(C(=O)O)c(C(C)=O)c1. The number of carbonyl (C=O) groups excluding carboxylic acids is 3. The average Bonchev–Trinajstić information content (AvgIpc) is 2.26. The highest BCUT2D eigenvalue weighted by Gasteiger charge is 2.22. The first-order valence-electron chi connectivity index (χ1n) is 5.19. The molecule has 0 bridgehead atoms. The minimum absolute atomic E-state index is 0.125. The van der Waals surface area contributed by atoms with Crippen molar-refractivity contribution in [2.24, 2.45) is 0 Å². The van der Waals surface area contributed by atoms with Crippen LogP contribution in [0, 0.1) is 0 Å². The predicted octanol–water partition coefficient (Wildman–Crippen LogP) is 1.99. The summed E-state index contributed by atoms with van der Waals surface area (Å²) in [6.45, 7) is 3.66. The Morgan fingerprint density at radius 1 is 0.833 bits per heavy atom. The lowest BCUT2D eigenvalue weighted by molar-refractivity contribution is 0.0687. The van der Waals surface area contributed by atoms with E-state index in [9.17, 15) is 19.2 Å². The number of benzene rings is 1. The Balaban J connectivity index is 3.76. The fraction of sp³-hybridized carbons (Fsp3) is 0.231. The van der Waals surface area contributed by atoms with Crippen LogP contribution in [0.1, 0.15) is 62.2 Å². The van der Waals surface area contributed by atoms with Crippen molar-refractivity contribution in [2.75, 3.05) is 0 Å². The van der Waals surface area contributed by atoms with Crippen LogP contribution in [0.2, 0.25) is 0 Å². The van der Waals surface area contributed by atoms with Crippen molar-refractivity contribution in [2.45, 2.75) is 20.8 Å². The molecule has 0 fully saturated rings. The molecular weight excluding hydrogens is 236 g/mol. The fourth-order valence-corrected chi connectivity index (χ4v) is 1.63. The number of carbonyl (C=O) groups is 4. The number of Topliss-reactive ketones (excluding diaryl/α,β-unsaturated/α-hetero) is 3. The number of carboxylic acids is 1. The number of ketones is 3. The minimum atomic E-state index is -1.36. The molecule has 1 aromatic carbocycles. The van der Waals surface area contributed by atoms with Crippen LogP contribution < -0.4 is 0 Å². The lowest BCUT2D eigenvalue weighted by Gasteiger charge is -2.09. The second-order valence-electron chi connectivity index (χ2n) is 3.92. The molecule has 0 spiro atoms. The predicted molar refractivity (Wildman–Crippen MR) is 63.4 cm³/mol. The molecule has 0 amide bonds. The molecule has 1 rings (SSSR count). The molecule has 1 aromatic rings. The third-order valence-corrected chi connectivity index (χ3v) is 2.52. The summed E-state index contributed by atoms with van der Waals surface area (Å²) in [7, 11) is 0. The summed E-state index contributed by atoms with van der Waals surface area (Å²) in [5.74, 6) is -2.70. The molecule has 0 aliphatic rings. The van der Waals surface area contributed by atoms with Crippen molar-refractivity contribution < 1.29 is 24.3 Å². The smallest absolute Gasteiger partial charge is 0.337 e. The van der Waals surface area contributed by atoms with Gasteiger partial charge in [0.25, 0.3) is 0 Å². The van der Waals surface area contributed by atoms with Crippen molar-refractivity contribution in [3.8, 4) is 0 Å². The Hall–Kier alpha value is -2.30. The lowest BCUT2D eigenvalue weighted by Crippen LogP contribution is -2.14. The summed E-state index contributed by atoms with van der Waals surface area (Å²) in [6, 6.07) is 2.42. The monoisotopic (exact) mass is 248 g/mol. The first-order valence-corrected chi connectivity index (χ1v) is 5.19. The van der Waals surface area contributed by atoms with Crippen LogP contribution in [-0.4, -0.2) is 28.4 Å². The Kier molecular flexibility index (Phi) is 3.76. The van der Waals surface area contributed by atoms with Crippen molar-refractivity contribution >= 4 is 23.3 Å². The van der Waals surface area contributed by atoms with Gasteiger partial charge in [0.1, 0.15) is 0 Å². The highest BCUT2D eigenvalue weighted by Crippen LogP contribution is 2.20. The standard InChI is InChI=1S/C13H12O5/c1-6(14)9-4-10(7(2)15)12(13(17)18)11(5-9)8(3)16/h4-5H,1-3H3,(H,17,18). The molecule has 18 heavy (non-hydrogen) atoms. The van der Waals surface area contributed by atoms with E-state index in [0.29, 0.717) is 0 Å². The molecule has 0 radical (unpaired) electrons. The summed E-state index contributed by atoms with van der Waals surface area (Å²) in [5, 5.41) is 9.08. The molecule has 94 valence electrons. The van der Waals surface area contributed by atoms with Crippen LogP contribution in [0.4, 0.5) is 0 Å². The van der Waals surface area contributed by atoms with Crippen molar-refractivity contribution in [3.05, 3.63) is 34.4 Å². The number of rotatable bonds is 4. The van der Waals surface area contributed by atoms with Crippen LogP contribution in [0.3, 0.4) is 0 Å². The molecule has 5 nitrogen and oxygen atoms in total. The van der Waals surface area contributed by atoms with Crippen molar-refractivity contribution in [1.82, 2.24) is 0 Å². The summed E-state index contributed by atoms with van der Waals surface area (Å²) in [4.78, 5) is 45.3. The Morgan fingerprint density at radius 3 is 1.44 bits per heavy atom. The molecule has 0 aliphatic heterocycles. The third-order valence-electron chi connectivity index (χ3n) is 2.52. The van der Waals surface area contributed by atoms with Gasteiger partial charge >= 0.3 is 5.97 Å². The summed E-state index contributed by atoms with van der Waals surface area (Å²) >= 11 is 0. The van der Waals surface area contributed by atoms with E-state index in [0.717, 1.165) is 0 Å². The van der Waals surface area contributed by atoms with Gasteiger partial charge in [-0.25, -0.2) is 4.79 Å². The van der Waals surface area contributed by atoms with Gasteiger partial charge in [0, 0.05) is 16.7 Å². The summed E-state index contributed by atoms with van der Waals surface area (Å²) < 4.78 is 0. The van der Waals surface area contributed by atoms with Gasteiger partial charge in [-0.15, -0.1) is 0 Å². The van der Waals surface area contributed by atoms with E-state index >= 15 is 0 Å². The Morgan fingerprint density at radius 2 is 1.22 bits per heavy atom. The molecule has 0 saturated heterocycles. The Bertz CT molecular complexity index is 534. The van der Waals surface area contributed by atoms with Crippen molar-refractivity contribution in [1.29, 1.82) is 0 Å². The number of hydrogen-bond acceptors (Lipinski definition) is 4. The first-order chi connectivity index (χ1) is 8.25. The molecule has 0 atom stereocenters. The highest BCUT2D eigenvalue weighted by molar-refractivity contribution is 6.14. The number of aromatic carboxylic acids is 1. The molecule has 1 N–H and O–H groups in total. The van der Waals surface area contributed by atoms with Crippen LogP contribution in [0.5, 0.6) is 0 Å². The first kappa shape index (κ1) is 13.8. The third kappa shape index (κ3) is 2.51. The van der Waals surface area contributed by atoms with E-state index in [1.54, 1.807) is 0 Å². The van der Waals surface area contributed by atoms with Gasteiger partial charge in [0.2, 0.25) is 0 Å². The second-order valence-corrected chi connectivity index (χ2v) is 3.92. The molecule has 0 aromatic heterocycles. The van der Waals surface area contributed by atoms with Crippen molar-refractivity contribution in [3.63, 3.8) is 0 Å². The largest absolute Gasteiger partial charge is 0.478 e. The minimum Gasteiger partial charge on any atom is -0.478 e. The van der Waals surface area contributed by atoms with Crippen LogP contribution >= 0.6 is 0 Å². The van der Waals surface area contributed by atoms with Gasteiger partial charge in [-0.2, -0.15) is 0 Å². The van der Waals surface area contributed by atoms with E-state index in [4.69, 9.17) is 5.11 Å². The van der Waals surface area contributed by atoms with E-state index < -0.39 is 17.5 Å². The zero-order chi connectivity index (χ0) is 14.0. The van der Waals surface area contributed by atoms with Gasteiger partial charge in [-0.05, 0) is 32.9 Å². The van der Waals surface area contributed by atoms with Crippen LogP contribution in [0.15, 0.2) is 12.1 Å². The van der Waals surface area contributed by atoms with Gasteiger partial charge in [0.05, 0.1) is 5.56 Å². The zero-order valence-corrected chi connectivity index (χ0v) is 10.2. The molecule has 0 saturated carbocycles. The molecular formula is C13H12O5. The molecule has 0 unspecified atom stereocenters. The maximum atomic E-state index is 11.4. The molecule has 0 heterocycles. The fourth-order valence-electron chi connectivity index (χ4n) is 1.63. The maximum absolute atomic E-state index is 11.4. The summed E-state index contributed by atoms with van der Waals surface area (Å²) in [5.41, 5.74) is -0.448. The topological polar surface area (TPSA) is 88.5 Å². The molecule has 5 heteroatoms. The average molecular weight is 248 g/mol. The van der Waals surface area contributed by atoms with E-state index in [2.05, 4.69) is 0 Å². The second kappa shape index (κ2) is 4.91. The number of hydrogen-bond donors (Lipinski definition) is 1. The van der Waals surface area contributed by atoms with E-state index in [1.165, 1.54) is 32.9 Å². The van der Waals surface area contributed by atoms with Gasteiger partial charge < -0.3 is 5.11 Å². The quantitative estimate of drug-likeness (QED) is 0.823. The Labute approximate surface area is 103 Å². The maximum Gasteiger partial charge on any atom is 0.337 e. The highest BCUT2D eigenvalue weighted by atomic mass is 16.4. The van der Waals surface area contributed by atoms with Crippen LogP contribution in [-0.2, 0) is 0 Å².